The molecular formula is C4H9BClIP. The van der Waals surface area contributed by atoms with Crippen LogP contribution in [0, 0.1) is 0 Å². The molecule has 0 aliphatic carbocycles. The zero-order chi connectivity index (χ0) is 6.78. The molecule has 0 saturated carbocycles. The Labute approximate surface area is 71.4 Å². The summed E-state index contributed by atoms with van der Waals surface area (Å²) in [5.74, 6) is 0. The highest BCUT2D eigenvalue weighted by molar-refractivity contribution is 14.1. The molecule has 0 aromatic rings. The van der Waals surface area contributed by atoms with Gasteiger partial charge in [0, 0.05) is 0 Å². The second-order valence-corrected chi connectivity index (χ2v) is 7.50. The first-order chi connectivity index (χ1) is 3.48. The van der Waals surface area contributed by atoms with E-state index in [0.717, 1.165) is 0 Å². The van der Waals surface area contributed by atoms with Crippen LogP contribution in [0.25, 0.3) is 0 Å². The monoisotopic (exact) mass is 261 g/mol. The van der Waals surface area contributed by atoms with Crippen LogP contribution < -0.4 is 0 Å². The minimum absolute atomic E-state index is 0.276. The fraction of sp³-hybridized carbons (Fsp3) is 1.00. The summed E-state index contributed by atoms with van der Waals surface area (Å²) in [5.41, 5.74) is 0. The van der Waals surface area contributed by atoms with Gasteiger partial charge in [-0.05, 0) is 12.3 Å². The molecule has 4 heteroatoms. The molecule has 0 fully saturated rings. The van der Waals surface area contributed by atoms with Gasteiger partial charge in [0.2, 0.25) is 0 Å². The molecular weight excluding hydrogens is 252 g/mol. The topological polar surface area (TPSA) is 0 Å². The van der Waals surface area contributed by atoms with Crippen LogP contribution >= 0.6 is 40.8 Å². The molecule has 0 spiro atoms. The summed E-state index contributed by atoms with van der Waals surface area (Å²) in [4.78, 5) is 2.05. The van der Waals surface area contributed by atoms with Crippen molar-refractivity contribution in [2.45, 2.75) is 25.9 Å². The van der Waals surface area contributed by atoms with Crippen molar-refractivity contribution in [2.75, 3.05) is 0 Å². The Kier molecular flexibility index (Phi) is 4.31. The first kappa shape index (κ1) is 9.51. The summed E-state index contributed by atoms with van der Waals surface area (Å²) in [6.07, 6.45) is 0. The van der Waals surface area contributed by atoms with Gasteiger partial charge in [0.15, 0.2) is 0 Å². The Bertz CT molecular complexity index is 72.9. The average molecular weight is 261 g/mol. The van der Waals surface area contributed by atoms with Gasteiger partial charge >= 0.3 is 0 Å². The Hall–Kier alpha value is 1.51. The maximum Gasteiger partial charge on any atom is 0.253 e. The Morgan fingerprint density at radius 3 is 1.88 bits per heavy atom. The molecule has 0 heterocycles. The molecule has 0 saturated heterocycles. The van der Waals surface area contributed by atoms with Gasteiger partial charge in [0.05, 0.1) is 0 Å². The van der Waals surface area contributed by atoms with Crippen LogP contribution in [0.4, 0.5) is 0 Å². The highest BCUT2D eigenvalue weighted by Gasteiger charge is 2.20. The van der Waals surface area contributed by atoms with E-state index >= 15 is 0 Å². The molecule has 0 aromatic heterocycles. The average Bonchev–Trinajstić information content (AvgIpc) is 1.62. The zero-order valence-corrected chi connectivity index (χ0v) is 9.09. The van der Waals surface area contributed by atoms with Crippen molar-refractivity contribution in [1.29, 1.82) is 0 Å². The number of rotatable bonds is 1. The summed E-state index contributed by atoms with van der Waals surface area (Å²) in [7, 11) is -0.386. The van der Waals surface area contributed by atoms with E-state index in [1.165, 1.54) is 0 Å². The van der Waals surface area contributed by atoms with Crippen molar-refractivity contribution in [3.05, 3.63) is 0 Å². The number of hydrogen-bond acceptors (Lipinski definition) is 0. The fourth-order valence-electron chi connectivity index (χ4n) is 0.146. The lowest BCUT2D eigenvalue weighted by molar-refractivity contribution is 0.799. The Morgan fingerprint density at radius 2 is 1.88 bits per heavy atom. The van der Waals surface area contributed by atoms with Crippen LogP contribution in [0.15, 0.2) is 0 Å². The van der Waals surface area contributed by atoms with E-state index in [4.69, 9.17) is 11.2 Å². The Morgan fingerprint density at radius 1 is 1.50 bits per heavy atom. The molecule has 0 rings (SSSR count). The van der Waals surface area contributed by atoms with Crippen molar-refractivity contribution in [1.82, 2.24) is 0 Å². The predicted molar refractivity (Wildman–Crippen MR) is 52.3 cm³/mol. The molecule has 0 bridgehead atoms. The molecule has 0 aliphatic rings. The van der Waals surface area contributed by atoms with E-state index < -0.39 is 0 Å². The van der Waals surface area contributed by atoms with E-state index in [1.807, 2.05) is 0 Å². The second kappa shape index (κ2) is 3.63. The lowest BCUT2D eigenvalue weighted by Gasteiger charge is -2.22. The van der Waals surface area contributed by atoms with Crippen molar-refractivity contribution in [3.63, 3.8) is 0 Å². The van der Waals surface area contributed by atoms with E-state index in [2.05, 4.69) is 48.0 Å². The maximum atomic E-state index is 5.94. The highest BCUT2D eigenvalue weighted by Crippen LogP contribution is 2.53. The molecule has 47 valence electrons. The molecule has 1 atom stereocenters. The van der Waals surface area contributed by atoms with Crippen LogP contribution in [-0.4, -0.2) is 10.0 Å². The maximum absolute atomic E-state index is 5.94. The highest BCUT2D eigenvalue weighted by atomic mass is 127. The van der Waals surface area contributed by atoms with Crippen LogP contribution in [0.1, 0.15) is 20.8 Å². The third-order valence-corrected chi connectivity index (χ3v) is 6.65. The van der Waals surface area contributed by atoms with Crippen LogP contribution in [0.5, 0.6) is 0 Å². The smallest absolute Gasteiger partial charge is 0.150 e. The largest absolute Gasteiger partial charge is 0.253 e. The molecule has 0 N–H and O–H groups in total. The normalized spacial score (nSPS) is 15.6. The van der Waals surface area contributed by atoms with E-state index in [-0.39, 0.29) is 12.3 Å². The van der Waals surface area contributed by atoms with Gasteiger partial charge in [-0.1, -0.05) is 20.8 Å². The molecule has 0 aromatic carbocycles. The van der Waals surface area contributed by atoms with Gasteiger partial charge in [-0.15, -0.1) is 33.6 Å². The van der Waals surface area contributed by atoms with Crippen LogP contribution in [0.3, 0.4) is 0 Å². The summed E-state index contributed by atoms with van der Waals surface area (Å²) in [6.45, 7) is 6.46. The van der Waals surface area contributed by atoms with Crippen molar-refractivity contribution in [2.24, 2.45) is 0 Å². The van der Waals surface area contributed by atoms with Crippen LogP contribution in [-0.2, 0) is 0 Å². The van der Waals surface area contributed by atoms with Gasteiger partial charge in [-0.25, -0.2) is 0 Å². The van der Waals surface area contributed by atoms with E-state index in [0.29, 0.717) is 0 Å². The minimum atomic E-state index is -0.386. The number of hydrogen-bond donors (Lipinski definition) is 0. The summed E-state index contributed by atoms with van der Waals surface area (Å²) >= 11 is 8.15. The fourth-order valence-corrected chi connectivity index (χ4v) is 2.95. The standard InChI is InChI=1S/C4H9BClIP/c1-4(2,3)8(6)5-7/h1-3H3. The molecule has 1 radical (unpaired) electrons. The number of halogens is 2. The predicted octanol–water partition coefficient (Wildman–Crippen LogP) is 3.39. The minimum Gasteiger partial charge on any atom is -0.150 e. The van der Waals surface area contributed by atoms with Gasteiger partial charge < -0.3 is 0 Å². The molecule has 0 nitrogen and oxygen atoms in total. The molecule has 1 unspecified atom stereocenters. The third kappa shape index (κ3) is 3.52. The van der Waals surface area contributed by atoms with Gasteiger partial charge in [-0.3, -0.25) is 0 Å². The quantitative estimate of drug-likeness (QED) is 0.385. The first-order valence-corrected chi connectivity index (χ1v) is 5.93. The van der Waals surface area contributed by atoms with Crippen molar-refractivity contribution in [3.8, 4) is 0 Å². The van der Waals surface area contributed by atoms with E-state index in [1.54, 1.807) is 0 Å². The van der Waals surface area contributed by atoms with Gasteiger partial charge in [0.25, 0.3) is 4.86 Å². The zero-order valence-electron chi connectivity index (χ0n) is 5.28. The summed E-state index contributed by atoms with van der Waals surface area (Å²) in [5, 5.41) is 0.276. The van der Waals surface area contributed by atoms with Gasteiger partial charge in [0.1, 0.15) is 0 Å². The lowest BCUT2D eigenvalue weighted by Crippen LogP contribution is -2.09. The molecule has 0 amide bonds. The van der Waals surface area contributed by atoms with Gasteiger partial charge in [-0.2, -0.15) is 0 Å². The summed E-state index contributed by atoms with van der Waals surface area (Å²) < 4.78 is 0. The SMILES string of the molecule is CC(C)(C)P(Cl)[B]I. The molecule has 8 heavy (non-hydrogen) atoms. The van der Waals surface area contributed by atoms with Crippen LogP contribution in [0.2, 0.25) is 0 Å². The van der Waals surface area contributed by atoms with Crippen molar-refractivity contribution >= 4 is 45.6 Å². The molecule has 0 aliphatic heterocycles. The third-order valence-electron chi connectivity index (χ3n) is 0.727. The summed E-state index contributed by atoms with van der Waals surface area (Å²) in [6, 6.07) is 0. The van der Waals surface area contributed by atoms with Crippen molar-refractivity contribution < 1.29 is 0 Å². The Balaban J connectivity index is 3.62. The lowest BCUT2D eigenvalue weighted by atomic mass is 10.3. The van der Waals surface area contributed by atoms with E-state index in [9.17, 15) is 0 Å². The second-order valence-electron chi connectivity index (χ2n) is 2.58. The first-order valence-electron chi connectivity index (χ1n) is 2.37.